The Balaban J connectivity index is 1.85. The average Bonchev–Trinajstić information content (AvgIpc) is 2.95. The Kier molecular flexibility index (Phi) is 6.19. The Bertz CT molecular complexity index is 559. The van der Waals surface area contributed by atoms with Crippen molar-refractivity contribution in [2.45, 2.75) is 26.0 Å². The van der Waals surface area contributed by atoms with Gasteiger partial charge in [-0.3, -0.25) is 0 Å². The van der Waals surface area contributed by atoms with Crippen LogP contribution in [0.3, 0.4) is 0 Å². The number of rotatable bonds is 8. The fourth-order valence-corrected chi connectivity index (χ4v) is 2.29. The molecule has 0 bridgehead atoms. The van der Waals surface area contributed by atoms with Crippen LogP contribution in [0.4, 0.5) is 0 Å². The number of hydrogen-bond donors (Lipinski definition) is 2. The molecule has 4 heteroatoms. The lowest BCUT2D eigenvalue weighted by Crippen LogP contribution is -2.20. The SMILES string of the molecule is CC(O)c1ccc(-c2ccc(CNCCCN(C)C)o2)cc1. The number of aliphatic hydroxyl groups is 1. The number of furan rings is 1. The van der Waals surface area contributed by atoms with Crippen molar-refractivity contribution in [3.63, 3.8) is 0 Å². The van der Waals surface area contributed by atoms with E-state index in [1.807, 2.05) is 36.4 Å². The van der Waals surface area contributed by atoms with Crippen molar-refractivity contribution in [1.29, 1.82) is 0 Å². The summed E-state index contributed by atoms with van der Waals surface area (Å²) in [6, 6.07) is 11.8. The minimum absolute atomic E-state index is 0.437. The predicted molar refractivity (Wildman–Crippen MR) is 89.7 cm³/mol. The topological polar surface area (TPSA) is 48.6 Å². The van der Waals surface area contributed by atoms with E-state index in [0.717, 1.165) is 48.7 Å². The standard InChI is InChI=1S/C18H26N2O2/c1-14(21)15-5-7-16(8-6-15)18-10-9-17(22-18)13-19-11-4-12-20(2)3/h5-10,14,19,21H,4,11-13H2,1-3H3. The van der Waals surface area contributed by atoms with Crippen LogP contribution < -0.4 is 5.32 Å². The molecule has 1 unspecified atom stereocenters. The lowest BCUT2D eigenvalue weighted by atomic mass is 10.1. The van der Waals surface area contributed by atoms with Crippen LogP contribution in [0, 0.1) is 0 Å². The fraction of sp³-hybridized carbons (Fsp3) is 0.444. The monoisotopic (exact) mass is 302 g/mol. The Hall–Kier alpha value is -1.62. The van der Waals surface area contributed by atoms with Crippen LogP contribution in [0.15, 0.2) is 40.8 Å². The quantitative estimate of drug-likeness (QED) is 0.736. The molecule has 1 aromatic heterocycles. The highest BCUT2D eigenvalue weighted by Gasteiger charge is 2.06. The van der Waals surface area contributed by atoms with Crippen molar-refractivity contribution in [3.05, 3.63) is 47.7 Å². The summed E-state index contributed by atoms with van der Waals surface area (Å²) in [5.74, 6) is 1.81. The van der Waals surface area contributed by atoms with Crippen molar-refractivity contribution in [2.24, 2.45) is 0 Å². The van der Waals surface area contributed by atoms with Crippen LogP contribution in [-0.4, -0.2) is 37.2 Å². The Morgan fingerprint density at radius 3 is 2.50 bits per heavy atom. The number of aliphatic hydroxyl groups excluding tert-OH is 1. The minimum atomic E-state index is -0.437. The van der Waals surface area contributed by atoms with E-state index >= 15 is 0 Å². The molecule has 0 radical (unpaired) electrons. The molecule has 0 aliphatic heterocycles. The summed E-state index contributed by atoms with van der Waals surface area (Å²) >= 11 is 0. The Morgan fingerprint density at radius 2 is 1.86 bits per heavy atom. The van der Waals surface area contributed by atoms with Gasteiger partial charge >= 0.3 is 0 Å². The number of nitrogens with one attached hydrogen (secondary N) is 1. The highest BCUT2D eigenvalue weighted by molar-refractivity contribution is 5.58. The van der Waals surface area contributed by atoms with Gasteiger partial charge in [0.15, 0.2) is 0 Å². The normalized spacial score (nSPS) is 12.8. The zero-order valence-electron chi connectivity index (χ0n) is 13.7. The minimum Gasteiger partial charge on any atom is -0.460 e. The van der Waals surface area contributed by atoms with Gasteiger partial charge in [0.05, 0.1) is 12.6 Å². The van der Waals surface area contributed by atoms with E-state index in [0.29, 0.717) is 0 Å². The molecule has 1 heterocycles. The molecule has 0 aliphatic rings. The predicted octanol–water partition coefficient (Wildman–Crippen LogP) is 3.04. The van der Waals surface area contributed by atoms with Crippen molar-refractivity contribution >= 4 is 0 Å². The summed E-state index contributed by atoms with van der Waals surface area (Å²) in [6.45, 7) is 4.59. The van der Waals surface area contributed by atoms with E-state index in [1.54, 1.807) is 6.92 Å². The van der Waals surface area contributed by atoms with Crippen LogP contribution in [0.2, 0.25) is 0 Å². The summed E-state index contributed by atoms with van der Waals surface area (Å²) in [5, 5.41) is 12.9. The zero-order valence-corrected chi connectivity index (χ0v) is 13.7. The third kappa shape index (κ3) is 4.98. The number of nitrogens with zero attached hydrogens (tertiary/aromatic N) is 1. The van der Waals surface area contributed by atoms with E-state index in [2.05, 4.69) is 24.3 Å². The van der Waals surface area contributed by atoms with Gasteiger partial charge in [0, 0.05) is 5.56 Å². The third-order valence-corrected chi connectivity index (χ3v) is 3.60. The van der Waals surface area contributed by atoms with Crippen LogP contribution in [0.5, 0.6) is 0 Å². The van der Waals surface area contributed by atoms with Gasteiger partial charge in [-0.2, -0.15) is 0 Å². The molecule has 0 saturated heterocycles. The Morgan fingerprint density at radius 1 is 1.14 bits per heavy atom. The van der Waals surface area contributed by atoms with Crippen molar-refractivity contribution in [1.82, 2.24) is 10.2 Å². The van der Waals surface area contributed by atoms with Crippen LogP contribution in [0.1, 0.15) is 30.8 Å². The first-order valence-electron chi connectivity index (χ1n) is 7.79. The maximum absolute atomic E-state index is 9.53. The summed E-state index contributed by atoms with van der Waals surface area (Å²) in [7, 11) is 4.17. The first-order valence-corrected chi connectivity index (χ1v) is 7.79. The van der Waals surface area contributed by atoms with Crippen molar-refractivity contribution in [3.8, 4) is 11.3 Å². The van der Waals surface area contributed by atoms with E-state index in [4.69, 9.17) is 4.42 Å². The molecule has 22 heavy (non-hydrogen) atoms. The summed E-state index contributed by atoms with van der Waals surface area (Å²) < 4.78 is 5.86. The summed E-state index contributed by atoms with van der Waals surface area (Å²) in [4.78, 5) is 2.18. The number of hydrogen-bond acceptors (Lipinski definition) is 4. The van der Waals surface area contributed by atoms with Gasteiger partial charge in [-0.1, -0.05) is 24.3 Å². The molecular formula is C18H26N2O2. The number of benzene rings is 1. The lowest BCUT2D eigenvalue weighted by Gasteiger charge is -2.09. The van der Waals surface area contributed by atoms with E-state index < -0.39 is 6.10 Å². The highest BCUT2D eigenvalue weighted by atomic mass is 16.3. The maximum Gasteiger partial charge on any atom is 0.134 e. The molecule has 0 saturated carbocycles. The molecule has 2 N–H and O–H groups in total. The summed E-state index contributed by atoms with van der Waals surface area (Å²) in [5.41, 5.74) is 1.95. The molecule has 0 amide bonds. The first-order chi connectivity index (χ1) is 10.6. The van der Waals surface area contributed by atoms with Crippen molar-refractivity contribution in [2.75, 3.05) is 27.2 Å². The second-order valence-corrected chi connectivity index (χ2v) is 5.90. The molecule has 2 rings (SSSR count). The average molecular weight is 302 g/mol. The van der Waals surface area contributed by atoms with Gasteiger partial charge in [0.1, 0.15) is 11.5 Å². The molecular weight excluding hydrogens is 276 g/mol. The highest BCUT2D eigenvalue weighted by Crippen LogP contribution is 2.24. The second-order valence-electron chi connectivity index (χ2n) is 5.90. The van der Waals surface area contributed by atoms with Crippen LogP contribution in [-0.2, 0) is 6.54 Å². The van der Waals surface area contributed by atoms with E-state index in [9.17, 15) is 5.11 Å². The Labute approximate surface area is 132 Å². The molecule has 0 aliphatic carbocycles. The zero-order chi connectivity index (χ0) is 15.9. The first kappa shape index (κ1) is 16.7. The van der Waals surface area contributed by atoms with Gasteiger partial charge < -0.3 is 19.7 Å². The molecule has 0 fully saturated rings. The molecule has 2 aromatic rings. The van der Waals surface area contributed by atoms with E-state index in [1.165, 1.54) is 0 Å². The molecule has 1 aromatic carbocycles. The molecule has 1 atom stereocenters. The fourth-order valence-electron chi connectivity index (χ4n) is 2.29. The maximum atomic E-state index is 9.53. The van der Waals surface area contributed by atoms with Crippen LogP contribution >= 0.6 is 0 Å². The van der Waals surface area contributed by atoms with Gasteiger partial charge in [0.2, 0.25) is 0 Å². The van der Waals surface area contributed by atoms with Gasteiger partial charge in [-0.05, 0) is 58.2 Å². The summed E-state index contributed by atoms with van der Waals surface area (Å²) in [6.07, 6.45) is 0.689. The largest absolute Gasteiger partial charge is 0.460 e. The lowest BCUT2D eigenvalue weighted by molar-refractivity contribution is 0.199. The van der Waals surface area contributed by atoms with E-state index in [-0.39, 0.29) is 0 Å². The smallest absolute Gasteiger partial charge is 0.134 e. The molecule has 0 spiro atoms. The van der Waals surface area contributed by atoms with Gasteiger partial charge in [-0.25, -0.2) is 0 Å². The molecule has 4 nitrogen and oxygen atoms in total. The molecule has 120 valence electrons. The van der Waals surface area contributed by atoms with Gasteiger partial charge in [0.25, 0.3) is 0 Å². The second kappa shape index (κ2) is 8.13. The third-order valence-electron chi connectivity index (χ3n) is 3.60. The van der Waals surface area contributed by atoms with Gasteiger partial charge in [-0.15, -0.1) is 0 Å². The van der Waals surface area contributed by atoms with Crippen LogP contribution in [0.25, 0.3) is 11.3 Å². The van der Waals surface area contributed by atoms with Crippen molar-refractivity contribution < 1.29 is 9.52 Å².